The van der Waals surface area contributed by atoms with E-state index in [2.05, 4.69) is 18.8 Å². The van der Waals surface area contributed by atoms with Gasteiger partial charge in [0.25, 0.3) is 0 Å². The van der Waals surface area contributed by atoms with Crippen molar-refractivity contribution in [2.75, 3.05) is 19.1 Å². The zero-order valence-corrected chi connectivity index (χ0v) is 8.94. The SMILES string of the molecule is CCCCC#CCOC/C=C\CCl. The normalized spacial score (nSPS) is 10.0. The number of hydrogen-bond acceptors (Lipinski definition) is 1. The summed E-state index contributed by atoms with van der Waals surface area (Å²) in [6.07, 6.45) is 7.14. The van der Waals surface area contributed by atoms with E-state index in [9.17, 15) is 0 Å². The van der Waals surface area contributed by atoms with Crippen LogP contribution in [0.3, 0.4) is 0 Å². The average Bonchev–Trinajstić information content (AvgIpc) is 2.16. The van der Waals surface area contributed by atoms with Gasteiger partial charge in [-0.25, -0.2) is 0 Å². The highest BCUT2D eigenvalue weighted by Crippen LogP contribution is 1.90. The van der Waals surface area contributed by atoms with Crippen molar-refractivity contribution in [3.8, 4) is 11.8 Å². The Labute approximate surface area is 86.1 Å². The summed E-state index contributed by atoms with van der Waals surface area (Å²) in [6.45, 7) is 3.29. The maximum absolute atomic E-state index is 5.43. The van der Waals surface area contributed by atoms with Crippen LogP contribution in [0, 0.1) is 11.8 Å². The van der Waals surface area contributed by atoms with E-state index in [-0.39, 0.29) is 0 Å². The van der Waals surface area contributed by atoms with Gasteiger partial charge in [-0.2, -0.15) is 0 Å². The maximum Gasteiger partial charge on any atom is 0.108 e. The van der Waals surface area contributed by atoms with Gasteiger partial charge in [0.05, 0.1) is 6.61 Å². The minimum Gasteiger partial charge on any atom is -0.365 e. The Morgan fingerprint density at radius 2 is 2.15 bits per heavy atom. The lowest BCUT2D eigenvalue weighted by Gasteiger charge is -1.91. The largest absolute Gasteiger partial charge is 0.365 e. The van der Waals surface area contributed by atoms with E-state index in [1.807, 2.05) is 12.2 Å². The predicted molar refractivity (Wildman–Crippen MR) is 58.0 cm³/mol. The van der Waals surface area contributed by atoms with Gasteiger partial charge in [0.15, 0.2) is 0 Å². The molecule has 0 aliphatic carbocycles. The van der Waals surface area contributed by atoms with Crippen LogP contribution in [0.1, 0.15) is 26.2 Å². The quantitative estimate of drug-likeness (QED) is 0.277. The number of allylic oxidation sites excluding steroid dienone is 1. The van der Waals surface area contributed by atoms with Gasteiger partial charge < -0.3 is 4.74 Å². The lowest BCUT2D eigenvalue weighted by molar-refractivity contribution is 0.199. The van der Waals surface area contributed by atoms with Gasteiger partial charge in [-0.1, -0.05) is 31.4 Å². The molecule has 0 bridgehead atoms. The van der Waals surface area contributed by atoms with E-state index in [1.165, 1.54) is 12.8 Å². The Hall–Kier alpha value is -0.450. The molecular formula is C11H17ClO. The molecule has 0 heterocycles. The molecule has 0 rings (SSSR count). The second-order valence-corrected chi connectivity index (χ2v) is 2.91. The third kappa shape index (κ3) is 11.5. The topological polar surface area (TPSA) is 9.23 Å². The summed E-state index contributed by atoms with van der Waals surface area (Å²) in [6, 6.07) is 0. The lowest BCUT2D eigenvalue weighted by Crippen LogP contribution is -1.90. The standard InChI is InChI=1S/C11H17ClO/c1-2-3-4-5-7-10-13-11-8-6-9-12/h6,8H,2-4,9-11H2,1H3/b8-6-. The van der Waals surface area contributed by atoms with Crippen molar-refractivity contribution >= 4 is 11.6 Å². The van der Waals surface area contributed by atoms with Crippen LogP contribution in [-0.2, 0) is 4.74 Å². The first kappa shape index (κ1) is 12.6. The molecule has 0 fully saturated rings. The highest BCUT2D eigenvalue weighted by molar-refractivity contribution is 6.18. The van der Waals surface area contributed by atoms with Crippen LogP contribution in [0.4, 0.5) is 0 Å². The average molecular weight is 201 g/mol. The molecule has 0 atom stereocenters. The molecule has 0 aromatic carbocycles. The summed E-state index contributed by atoms with van der Waals surface area (Å²) < 4.78 is 5.20. The lowest BCUT2D eigenvalue weighted by atomic mass is 10.2. The summed E-state index contributed by atoms with van der Waals surface area (Å²) >= 11 is 5.43. The van der Waals surface area contributed by atoms with Gasteiger partial charge in [-0.05, 0) is 6.42 Å². The number of rotatable bonds is 6. The fourth-order valence-corrected chi connectivity index (χ4v) is 0.840. The molecule has 0 radical (unpaired) electrons. The highest BCUT2D eigenvalue weighted by Gasteiger charge is 1.78. The van der Waals surface area contributed by atoms with Crippen LogP contribution in [0.15, 0.2) is 12.2 Å². The second-order valence-electron chi connectivity index (χ2n) is 2.60. The van der Waals surface area contributed by atoms with E-state index in [4.69, 9.17) is 16.3 Å². The third-order valence-electron chi connectivity index (χ3n) is 1.42. The first-order valence-electron chi connectivity index (χ1n) is 4.66. The van der Waals surface area contributed by atoms with E-state index in [0.717, 1.165) is 6.42 Å². The zero-order valence-electron chi connectivity index (χ0n) is 8.18. The van der Waals surface area contributed by atoms with Crippen molar-refractivity contribution in [2.24, 2.45) is 0 Å². The van der Waals surface area contributed by atoms with Crippen molar-refractivity contribution in [2.45, 2.75) is 26.2 Å². The van der Waals surface area contributed by atoms with E-state index in [1.54, 1.807) is 0 Å². The number of halogens is 1. The maximum atomic E-state index is 5.43. The molecule has 1 nitrogen and oxygen atoms in total. The van der Waals surface area contributed by atoms with Crippen molar-refractivity contribution in [1.29, 1.82) is 0 Å². The van der Waals surface area contributed by atoms with Gasteiger partial charge in [-0.15, -0.1) is 17.5 Å². The minimum atomic E-state index is 0.524. The molecule has 0 aliphatic heterocycles. The van der Waals surface area contributed by atoms with Crippen LogP contribution in [0.2, 0.25) is 0 Å². The summed E-state index contributed by atoms with van der Waals surface area (Å²) in [4.78, 5) is 0. The Balaban J connectivity index is 3.13. The molecule has 0 N–H and O–H groups in total. The molecule has 2 heteroatoms. The molecule has 0 amide bonds. The fraction of sp³-hybridized carbons (Fsp3) is 0.636. The summed E-state index contributed by atoms with van der Waals surface area (Å²) in [7, 11) is 0. The smallest absolute Gasteiger partial charge is 0.108 e. The van der Waals surface area contributed by atoms with Crippen molar-refractivity contribution in [3.63, 3.8) is 0 Å². The number of unbranched alkanes of at least 4 members (excludes halogenated alkanes) is 2. The number of alkyl halides is 1. The van der Waals surface area contributed by atoms with Crippen LogP contribution in [0.5, 0.6) is 0 Å². The van der Waals surface area contributed by atoms with E-state index < -0.39 is 0 Å². The van der Waals surface area contributed by atoms with Gasteiger partial charge in [0.1, 0.15) is 6.61 Å². The van der Waals surface area contributed by atoms with Crippen LogP contribution in [-0.4, -0.2) is 19.1 Å². The first-order valence-corrected chi connectivity index (χ1v) is 5.19. The van der Waals surface area contributed by atoms with Gasteiger partial charge in [0.2, 0.25) is 0 Å². The Morgan fingerprint density at radius 3 is 2.85 bits per heavy atom. The van der Waals surface area contributed by atoms with Crippen molar-refractivity contribution in [1.82, 2.24) is 0 Å². The highest BCUT2D eigenvalue weighted by atomic mass is 35.5. The van der Waals surface area contributed by atoms with Crippen molar-refractivity contribution < 1.29 is 4.74 Å². The second kappa shape index (κ2) is 11.6. The monoisotopic (exact) mass is 200 g/mol. The zero-order chi connectivity index (χ0) is 9.78. The summed E-state index contributed by atoms with van der Waals surface area (Å²) in [5.74, 6) is 6.56. The van der Waals surface area contributed by atoms with Crippen LogP contribution < -0.4 is 0 Å². The summed E-state index contributed by atoms with van der Waals surface area (Å²) in [5.41, 5.74) is 0. The number of hydrogen-bond donors (Lipinski definition) is 0. The summed E-state index contributed by atoms with van der Waals surface area (Å²) in [5, 5.41) is 0. The molecule has 0 spiro atoms. The third-order valence-corrected chi connectivity index (χ3v) is 1.60. The molecule has 0 saturated carbocycles. The van der Waals surface area contributed by atoms with Crippen LogP contribution >= 0.6 is 11.6 Å². The Kier molecular flexibility index (Phi) is 11.2. The molecular weight excluding hydrogens is 184 g/mol. The molecule has 0 aromatic heterocycles. The molecule has 74 valence electrons. The first-order chi connectivity index (χ1) is 6.41. The number of ether oxygens (including phenoxy) is 1. The van der Waals surface area contributed by atoms with Gasteiger partial charge in [0, 0.05) is 12.3 Å². The fourth-order valence-electron chi connectivity index (χ4n) is 0.714. The molecule has 0 saturated heterocycles. The van der Waals surface area contributed by atoms with E-state index in [0.29, 0.717) is 19.1 Å². The minimum absolute atomic E-state index is 0.524. The molecule has 0 aromatic rings. The van der Waals surface area contributed by atoms with Gasteiger partial charge in [-0.3, -0.25) is 0 Å². The molecule has 0 unspecified atom stereocenters. The Bertz CT molecular complexity index is 176. The van der Waals surface area contributed by atoms with Crippen LogP contribution in [0.25, 0.3) is 0 Å². The van der Waals surface area contributed by atoms with E-state index >= 15 is 0 Å². The Morgan fingerprint density at radius 1 is 1.31 bits per heavy atom. The van der Waals surface area contributed by atoms with Gasteiger partial charge >= 0.3 is 0 Å². The molecule has 0 aliphatic rings. The predicted octanol–water partition coefficient (Wildman–Crippen LogP) is 2.99. The molecule has 13 heavy (non-hydrogen) atoms. The van der Waals surface area contributed by atoms with Crippen molar-refractivity contribution in [3.05, 3.63) is 12.2 Å².